The molecule has 1 unspecified atom stereocenters. The Morgan fingerprint density at radius 2 is 2.00 bits per heavy atom. The molecule has 0 radical (unpaired) electrons. The van der Waals surface area contributed by atoms with E-state index in [9.17, 15) is 4.79 Å². The van der Waals surface area contributed by atoms with E-state index in [1.165, 1.54) is 37.9 Å². The summed E-state index contributed by atoms with van der Waals surface area (Å²) in [4.78, 5) is 15.8. The first-order valence-electron chi connectivity index (χ1n) is 9.44. The topological polar surface area (TPSA) is 41.5 Å². The number of carbonyl (C=O) groups is 1. The second-order valence-electron chi connectivity index (χ2n) is 6.55. The minimum Gasteiger partial charge on any atom is -0.351 e. The van der Waals surface area contributed by atoms with Crippen LogP contribution in [0.25, 0.3) is 0 Å². The van der Waals surface area contributed by atoms with Crippen molar-refractivity contribution in [2.24, 2.45) is 4.99 Å². The molecule has 0 aromatic heterocycles. The molecular formula is C19H36N3O+. The van der Waals surface area contributed by atoms with Crippen molar-refractivity contribution >= 4 is 11.7 Å². The van der Waals surface area contributed by atoms with Crippen LogP contribution in [0.15, 0.2) is 17.1 Å². The Morgan fingerprint density at radius 1 is 1.22 bits per heavy atom. The van der Waals surface area contributed by atoms with Gasteiger partial charge in [-0.25, -0.2) is 4.99 Å². The third-order valence-electron chi connectivity index (χ3n) is 4.81. The smallest absolute Gasteiger partial charge is 0.217 e. The van der Waals surface area contributed by atoms with Crippen LogP contribution in [-0.4, -0.2) is 48.9 Å². The number of rotatable bonds is 12. The van der Waals surface area contributed by atoms with Crippen LogP contribution in [0.1, 0.15) is 65.7 Å². The van der Waals surface area contributed by atoms with Crippen molar-refractivity contribution in [3.63, 3.8) is 0 Å². The van der Waals surface area contributed by atoms with E-state index in [-0.39, 0.29) is 5.91 Å². The highest BCUT2D eigenvalue weighted by atomic mass is 16.1. The molecule has 0 spiro atoms. The fraction of sp³-hybridized carbons (Fsp3) is 0.789. The maximum absolute atomic E-state index is 11.1. The van der Waals surface area contributed by atoms with Crippen molar-refractivity contribution in [1.82, 2.24) is 5.32 Å². The molecule has 132 valence electrons. The lowest BCUT2D eigenvalue weighted by molar-refractivity contribution is -0.833. The minimum atomic E-state index is 0.0583. The molecule has 1 atom stereocenters. The zero-order valence-corrected chi connectivity index (χ0v) is 15.4. The molecule has 0 aromatic rings. The van der Waals surface area contributed by atoms with Gasteiger partial charge in [0, 0.05) is 13.3 Å². The predicted octanol–water partition coefficient (Wildman–Crippen LogP) is 3.68. The van der Waals surface area contributed by atoms with Crippen molar-refractivity contribution in [2.75, 3.05) is 32.7 Å². The Balaban J connectivity index is 2.32. The lowest BCUT2D eigenvalue weighted by Crippen LogP contribution is -2.54. The van der Waals surface area contributed by atoms with Gasteiger partial charge in [0.15, 0.2) is 5.84 Å². The second kappa shape index (κ2) is 11.4. The Labute approximate surface area is 142 Å². The van der Waals surface area contributed by atoms with Gasteiger partial charge in [0.05, 0.1) is 19.6 Å². The molecule has 23 heavy (non-hydrogen) atoms. The summed E-state index contributed by atoms with van der Waals surface area (Å²) in [5.74, 6) is 1.39. The van der Waals surface area contributed by atoms with Crippen molar-refractivity contribution in [3.05, 3.63) is 12.2 Å². The summed E-state index contributed by atoms with van der Waals surface area (Å²) in [6.45, 7) is 10.9. The van der Waals surface area contributed by atoms with Crippen LogP contribution in [0.2, 0.25) is 0 Å². The van der Waals surface area contributed by atoms with E-state index >= 15 is 0 Å². The number of allylic oxidation sites excluding steroid dienone is 2. The third kappa shape index (κ3) is 7.30. The molecule has 4 heteroatoms. The summed E-state index contributed by atoms with van der Waals surface area (Å²) >= 11 is 0. The number of amides is 1. The summed E-state index contributed by atoms with van der Waals surface area (Å²) < 4.78 is 0.963. The molecule has 0 aliphatic carbocycles. The Hall–Kier alpha value is -1.16. The van der Waals surface area contributed by atoms with E-state index in [2.05, 4.69) is 31.3 Å². The molecule has 1 aliphatic rings. The molecule has 0 aromatic carbocycles. The summed E-state index contributed by atoms with van der Waals surface area (Å²) in [5, 5.41) is 2.93. The maximum Gasteiger partial charge on any atom is 0.217 e. The quantitative estimate of drug-likeness (QED) is 0.332. The first-order valence-corrected chi connectivity index (χ1v) is 9.44. The number of amidine groups is 1. The van der Waals surface area contributed by atoms with Crippen LogP contribution in [0.4, 0.5) is 0 Å². The Morgan fingerprint density at radius 3 is 2.70 bits per heavy atom. The van der Waals surface area contributed by atoms with Gasteiger partial charge in [-0.3, -0.25) is 9.28 Å². The summed E-state index contributed by atoms with van der Waals surface area (Å²) in [7, 11) is 0. The minimum absolute atomic E-state index is 0.0583. The van der Waals surface area contributed by atoms with E-state index in [1.807, 2.05) is 0 Å². The van der Waals surface area contributed by atoms with Gasteiger partial charge in [-0.15, -0.1) is 0 Å². The van der Waals surface area contributed by atoms with Gasteiger partial charge in [-0.2, -0.15) is 0 Å². The van der Waals surface area contributed by atoms with Gasteiger partial charge in [0.2, 0.25) is 5.91 Å². The molecular weight excluding hydrogens is 286 g/mol. The molecule has 1 N–H and O–H groups in total. The van der Waals surface area contributed by atoms with E-state index in [0.717, 1.165) is 50.0 Å². The van der Waals surface area contributed by atoms with Crippen molar-refractivity contribution in [2.45, 2.75) is 65.7 Å². The number of nitrogens with one attached hydrogen (secondary N) is 1. The molecule has 1 rings (SSSR count). The first-order chi connectivity index (χ1) is 11.1. The zero-order valence-electron chi connectivity index (χ0n) is 15.4. The van der Waals surface area contributed by atoms with Crippen molar-refractivity contribution < 1.29 is 9.28 Å². The van der Waals surface area contributed by atoms with Gasteiger partial charge in [-0.1, -0.05) is 38.3 Å². The molecule has 1 heterocycles. The lowest BCUT2D eigenvalue weighted by Gasteiger charge is -2.33. The van der Waals surface area contributed by atoms with Crippen molar-refractivity contribution in [1.29, 1.82) is 0 Å². The highest BCUT2D eigenvalue weighted by Gasteiger charge is 2.35. The van der Waals surface area contributed by atoms with Crippen molar-refractivity contribution in [3.8, 4) is 0 Å². The molecule has 4 nitrogen and oxygen atoms in total. The van der Waals surface area contributed by atoms with E-state index in [4.69, 9.17) is 4.99 Å². The summed E-state index contributed by atoms with van der Waals surface area (Å²) in [5.41, 5.74) is 0. The number of quaternary nitrogens is 1. The number of hydrogen-bond donors (Lipinski definition) is 1. The predicted molar refractivity (Wildman–Crippen MR) is 98.7 cm³/mol. The standard InChI is InChI=1S/C19H35N3O/c1-4-6-7-8-9-10-11-12-13-19-21-15-17-22(19,5-2)16-14-20-18(3)23/h10-11H,4-9,12-17H2,1-3H3/p+1/b11-10+. The zero-order chi connectivity index (χ0) is 17.0. The van der Waals surface area contributed by atoms with Gasteiger partial charge in [0.25, 0.3) is 0 Å². The van der Waals surface area contributed by atoms with E-state index in [1.54, 1.807) is 6.92 Å². The van der Waals surface area contributed by atoms with Gasteiger partial charge in [-0.05, 0) is 26.2 Å². The maximum atomic E-state index is 11.1. The number of hydrogen-bond acceptors (Lipinski definition) is 2. The Bertz CT molecular complexity index is 403. The summed E-state index contributed by atoms with van der Waals surface area (Å²) in [6, 6.07) is 0. The molecule has 1 amide bonds. The molecule has 0 saturated carbocycles. The highest BCUT2D eigenvalue weighted by Crippen LogP contribution is 2.18. The number of carbonyl (C=O) groups excluding carboxylic acids is 1. The SMILES string of the molecule is CCCCCC/C=C/CCC1=NCC[N+]1(CC)CCNC(C)=O. The normalized spacial score (nSPS) is 20.9. The monoisotopic (exact) mass is 322 g/mol. The molecule has 0 saturated heterocycles. The number of unbranched alkanes of at least 4 members (excludes halogenated alkanes) is 4. The van der Waals surface area contributed by atoms with Crippen LogP contribution in [-0.2, 0) is 4.79 Å². The van der Waals surface area contributed by atoms with Gasteiger partial charge in [0.1, 0.15) is 13.1 Å². The number of aliphatic imine (C=N–C) groups is 1. The third-order valence-corrected chi connectivity index (χ3v) is 4.81. The second-order valence-corrected chi connectivity index (χ2v) is 6.55. The molecule has 1 aliphatic heterocycles. The van der Waals surface area contributed by atoms with Crippen LogP contribution in [0.3, 0.4) is 0 Å². The fourth-order valence-electron chi connectivity index (χ4n) is 3.29. The number of likely N-dealkylation sites (N-methyl/N-ethyl adjacent to an activating group) is 1. The van der Waals surface area contributed by atoms with Gasteiger partial charge >= 0.3 is 0 Å². The average molecular weight is 323 g/mol. The first kappa shape index (κ1) is 19.9. The number of nitrogens with zero attached hydrogens (tertiary/aromatic N) is 2. The van der Waals surface area contributed by atoms with Crippen LogP contribution >= 0.6 is 0 Å². The van der Waals surface area contributed by atoms with Crippen LogP contribution in [0, 0.1) is 0 Å². The van der Waals surface area contributed by atoms with E-state index in [0.29, 0.717) is 0 Å². The molecule has 0 fully saturated rings. The molecule has 0 bridgehead atoms. The largest absolute Gasteiger partial charge is 0.351 e. The highest BCUT2D eigenvalue weighted by molar-refractivity contribution is 5.77. The van der Waals surface area contributed by atoms with E-state index < -0.39 is 0 Å². The fourth-order valence-corrected chi connectivity index (χ4v) is 3.29. The lowest BCUT2D eigenvalue weighted by atomic mass is 10.1. The average Bonchev–Trinajstić information content (AvgIpc) is 2.93. The van der Waals surface area contributed by atoms with Crippen LogP contribution in [0.5, 0.6) is 0 Å². The Kier molecular flexibility index (Phi) is 9.85. The van der Waals surface area contributed by atoms with Crippen LogP contribution < -0.4 is 5.32 Å². The van der Waals surface area contributed by atoms with Gasteiger partial charge < -0.3 is 5.32 Å². The summed E-state index contributed by atoms with van der Waals surface area (Å²) in [6.07, 6.45) is 13.3.